The number of rotatable bonds is 2. The van der Waals surface area contributed by atoms with E-state index in [-0.39, 0.29) is 0 Å². The van der Waals surface area contributed by atoms with E-state index in [9.17, 15) is 4.79 Å². The van der Waals surface area contributed by atoms with Crippen molar-refractivity contribution in [3.8, 4) is 0 Å². The maximum absolute atomic E-state index is 10.4. The largest absolute Gasteiger partial charge is 0.276 e. The maximum atomic E-state index is 10.4. The van der Waals surface area contributed by atoms with Crippen LogP contribution in [0.15, 0.2) is 30.3 Å². The normalized spacial score (nSPS) is 10.5. The van der Waals surface area contributed by atoms with Crippen LogP contribution < -0.4 is 0 Å². The second kappa shape index (κ2) is 4.07. The van der Waals surface area contributed by atoms with E-state index in [1.165, 1.54) is 6.08 Å². The molecule has 0 aliphatic heterocycles. The summed E-state index contributed by atoms with van der Waals surface area (Å²) < 4.78 is 0. The SMILES string of the molecule is Cc1ccccc1/C=C/C(=[18O])Cl. The quantitative estimate of drug-likeness (QED) is 0.391. The molecule has 0 unspecified atom stereocenters. The molecular weight excluding hydrogens is 174 g/mol. The summed E-state index contributed by atoms with van der Waals surface area (Å²) in [5.41, 5.74) is 2.15. The van der Waals surface area contributed by atoms with Gasteiger partial charge in [0.15, 0.2) is 0 Å². The fourth-order valence-electron chi connectivity index (χ4n) is 0.929. The lowest BCUT2D eigenvalue weighted by Crippen LogP contribution is -1.80. The Morgan fingerprint density at radius 2 is 2.08 bits per heavy atom. The van der Waals surface area contributed by atoms with Gasteiger partial charge in [0.25, 0.3) is 0 Å². The third kappa shape index (κ3) is 2.51. The first-order valence-electron chi connectivity index (χ1n) is 3.63. The van der Waals surface area contributed by atoms with Gasteiger partial charge in [-0.25, -0.2) is 0 Å². The molecule has 0 fully saturated rings. The average Bonchev–Trinajstić information content (AvgIpc) is 2.03. The van der Waals surface area contributed by atoms with Crippen molar-refractivity contribution in [2.75, 3.05) is 0 Å². The minimum absolute atomic E-state index is 0.446. The van der Waals surface area contributed by atoms with E-state index >= 15 is 0 Å². The molecule has 0 atom stereocenters. The number of benzene rings is 1. The smallest absolute Gasteiger partial charge is 0.245 e. The van der Waals surface area contributed by atoms with E-state index in [1.807, 2.05) is 31.2 Å². The van der Waals surface area contributed by atoms with Gasteiger partial charge in [-0.05, 0) is 41.8 Å². The van der Waals surface area contributed by atoms with E-state index in [0.29, 0.717) is 0 Å². The summed E-state index contributed by atoms with van der Waals surface area (Å²) in [6.45, 7) is 1.98. The molecule has 0 saturated carbocycles. The van der Waals surface area contributed by atoms with Crippen LogP contribution in [0.2, 0.25) is 0 Å². The summed E-state index contributed by atoms with van der Waals surface area (Å²) in [7, 11) is 0. The van der Waals surface area contributed by atoms with Gasteiger partial charge in [0.1, 0.15) is 0 Å². The predicted octanol–water partition coefficient (Wildman–Crippen LogP) is 2.77. The Bertz CT molecular complexity index is 315. The molecule has 0 N–H and O–H groups in total. The van der Waals surface area contributed by atoms with Crippen LogP contribution in [0, 0.1) is 6.92 Å². The highest BCUT2D eigenvalue weighted by molar-refractivity contribution is 6.66. The van der Waals surface area contributed by atoms with Crippen molar-refractivity contribution in [2.24, 2.45) is 0 Å². The van der Waals surface area contributed by atoms with Crippen LogP contribution in [0.3, 0.4) is 0 Å². The molecule has 0 aliphatic rings. The molecule has 0 bridgehead atoms. The highest BCUT2D eigenvalue weighted by atomic mass is 35.5. The molecule has 62 valence electrons. The Morgan fingerprint density at radius 3 is 2.67 bits per heavy atom. The predicted molar refractivity (Wildman–Crippen MR) is 51.1 cm³/mol. The van der Waals surface area contributed by atoms with Crippen LogP contribution in [0.5, 0.6) is 0 Å². The van der Waals surface area contributed by atoms with E-state index in [1.54, 1.807) is 6.08 Å². The summed E-state index contributed by atoms with van der Waals surface area (Å²) in [6, 6.07) is 7.80. The summed E-state index contributed by atoms with van der Waals surface area (Å²) >= 11 is 5.15. The second-order valence-corrected chi connectivity index (χ2v) is 2.87. The van der Waals surface area contributed by atoms with Crippen LogP contribution in [0.4, 0.5) is 0 Å². The molecule has 1 aromatic rings. The molecule has 1 aromatic carbocycles. The highest BCUT2D eigenvalue weighted by Crippen LogP contribution is 2.08. The Labute approximate surface area is 76.7 Å². The van der Waals surface area contributed by atoms with Crippen LogP contribution in [-0.4, -0.2) is 5.24 Å². The summed E-state index contributed by atoms with van der Waals surface area (Å²) in [4.78, 5) is 10.4. The zero-order chi connectivity index (χ0) is 8.97. The van der Waals surface area contributed by atoms with Crippen molar-refractivity contribution < 1.29 is 4.79 Å². The number of halogens is 1. The first kappa shape index (κ1) is 9.01. The Hall–Kier alpha value is -1.08. The van der Waals surface area contributed by atoms with Crippen molar-refractivity contribution >= 4 is 22.9 Å². The summed E-state index contributed by atoms with van der Waals surface area (Å²) in [6.07, 6.45) is 3.06. The number of hydrogen-bond donors (Lipinski definition) is 0. The fourth-order valence-corrected chi connectivity index (χ4v) is 0.992. The van der Waals surface area contributed by atoms with E-state index < -0.39 is 5.24 Å². The van der Waals surface area contributed by atoms with E-state index in [2.05, 4.69) is 0 Å². The Morgan fingerprint density at radius 1 is 1.42 bits per heavy atom. The maximum Gasteiger partial charge on any atom is 0.245 e. The number of hydrogen-bond acceptors (Lipinski definition) is 1. The number of aryl methyl sites for hydroxylation is 1. The topological polar surface area (TPSA) is 17.1 Å². The Balaban J connectivity index is 2.89. The highest BCUT2D eigenvalue weighted by Gasteiger charge is 1.91. The third-order valence-corrected chi connectivity index (χ3v) is 1.71. The molecule has 0 aliphatic carbocycles. The van der Waals surface area contributed by atoms with Crippen molar-refractivity contribution in [3.63, 3.8) is 0 Å². The fraction of sp³-hybridized carbons (Fsp3) is 0.100. The van der Waals surface area contributed by atoms with Gasteiger partial charge in [-0.2, -0.15) is 0 Å². The van der Waals surface area contributed by atoms with Crippen LogP contribution >= 0.6 is 11.6 Å². The molecule has 0 aromatic heterocycles. The minimum Gasteiger partial charge on any atom is -0.276 e. The molecule has 0 spiro atoms. The molecule has 12 heavy (non-hydrogen) atoms. The molecule has 0 radical (unpaired) electrons. The van der Waals surface area contributed by atoms with Gasteiger partial charge in [-0.15, -0.1) is 0 Å². The molecule has 0 heterocycles. The number of carbonyl (C=O) groups is 1. The summed E-state index contributed by atoms with van der Waals surface area (Å²) in [5.74, 6) is 0. The monoisotopic (exact) mass is 182 g/mol. The van der Waals surface area contributed by atoms with Crippen molar-refractivity contribution in [2.45, 2.75) is 6.92 Å². The van der Waals surface area contributed by atoms with Crippen molar-refractivity contribution in [1.82, 2.24) is 0 Å². The lowest BCUT2D eigenvalue weighted by atomic mass is 10.1. The average molecular weight is 183 g/mol. The lowest BCUT2D eigenvalue weighted by Gasteiger charge is -1.96. The van der Waals surface area contributed by atoms with Crippen molar-refractivity contribution in [3.05, 3.63) is 41.5 Å². The van der Waals surface area contributed by atoms with E-state index in [4.69, 9.17) is 11.6 Å². The molecule has 1 nitrogen and oxygen atoms in total. The van der Waals surface area contributed by atoms with Gasteiger partial charge < -0.3 is 0 Å². The van der Waals surface area contributed by atoms with Crippen LogP contribution in [-0.2, 0) is 4.79 Å². The standard InChI is InChI=1S/C10H9ClO/c1-8-4-2-3-5-9(8)6-7-10(11)12/h2-7H,1H3/b7-6+/i12+2. The first-order valence-corrected chi connectivity index (χ1v) is 4.01. The minimum atomic E-state index is -0.446. The Kier molecular flexibility index (Phi) is 3.06. The van der Waals surface area contributed by atoms with Gasteiger partial charge in [0, 0.05) is 0 Å². The van der Waals surface area contributed by atoms with Gasteiger partial charge in [-0.3, -0.25) is 4.79 Å². The number of carbonyl (C=O) groups excluding carboxylic acids is 1. The van der Waals surface area contributed by atoms with Crippen molar-refractivity contribution in [1.29, 1.82) is 0 Å². The summed E-state index contributed by atoms with van der Waals surface area (Å²) in [5, 5.41) is -0.446. The van der Waals surface area contributed by atoms with Crippen LogP contribution in [0.25, 0.3) is 6.08 Å². The second-order valence-electron chi connectivity index (χ2n) is 2.49. The molecular formula is C10H9ClO. The molecule has 2 heteroatoms. The van der Waals surface area contributed by atoms with Crippen LogP contribution in [0.1, 0.15) is 11.1 Å². The lowest BCUT2D eigenvalue weighted by molar-refractivity contribution is -0.107. The van der Waals surface area contributed by atoms with Gasteiger partial charge in [0.2, 0.25) is 5.24 Å². The molecule has 1 rings (SSSR count). The van der Waals surface area contributed by atoms with Gasteiger partial charge in [-0.1, -0.05) is 24.3 Å². The molecule has 0 amide bonds. The molecule has 0 saturated heterocycles. The first-order chi connectivity index (χ1) is 5.70. The zero-order valence-corrected chi connectivity index (χ0v) is 7.51. The van der Waals surface area contributed by atoms with E-state index in [0.717, 1.165) is 11.1 Å². The van der Waals surface area contributed by atoms with Gasteiger partial charge in [0.05, 0.1) is 0 Å². The number of allylic oxidation sites excluding steroid dienone is 1. The third-order valence-electron chi connectivity index (χ3n) is 1.58. The van der Waals surface area contributed by atoms with Gasteiger partial charge >= 0.3 is 0 Å². The zero-order valence-electron chi connectivity index (χ0n) is 6.75.